The average molecular weight is 377 g/mol. The van der Waals surface area contributed by atoms with Crippen molar-refractivity contribution in [3.63, 3.8) is 0 Å². The molecule has 158 valence electrons. The second-order valence-electron chi connectivity index (χ2n) is 7.66. The number of unbranched alkanes of at least 4 members (excludes halogenated alkanes) is 13. The first-order valence-electron chi connectivity index (χ1n) is 11.1. The topological polar surface area (TPSA) is 57.2 Å². The fourth-order valence-electron chi connectivity index (χ4n) is 3.37. The monoisotopic (exact) mass is 376 g/mol. The van der Waals surface area contributed by atoms with Gasteiger partial charge in [-0.15, -0.1) is 0 Å². The summed E-state index contributed by atoms with van der Waals surface area (Å²) in [6.45, 7) is 5.09. The Kier molecular flexibility index (Phi) is 22.7. The van der Waals surface area contributed by atoms with Crippen LogP contribution in [0, 0.1) is 5.92 Å². The van der Waals surface area contributed by atoms with E-state index in [0.717, 1.165) is 18.8 Å². The van der Waals surface area contributed by atoms with E-state index in [0.29, 0.717) is 6.61 Å². The Balaban J connectivity index is 3.11. The minimum atomic E-state index is 0.441. The van der Waals surface area contributed by atoms with Crippen LogP contribution in [0.4, 0.5) is 0 Å². The molecule has 0 rings (SSSR count). The van der Waals surface area contributed by atoms with Crippen LogP contribution in [0.1, 0.15) is 123 Å². The second kappa shape index (κ2) is 22.8. The summed E-state index contributed by atoms with van der Waals surface area (Å²) < 4.78 is 0. The van der Waals surface area contributed by atoms with Crippen LogP contribution in [0.5, 0.6) is 0 Å². The van der Waals surface area contributed by atoms with Gasteiger partial charge in [0.05, 0.1) is 6.61 Å². The van der Waals surface area contributed by atoms with Crippen LogP contribution in [0.3, 0.4) is 0 Å². The lowest BCUT2D eigenvalue weighted by Gasteiger charge is -2.11. The molecular weight excluding hydrogens is 332 g/mol. The molecule has 0 aromatic rings. The lowest BCUT2D eigenvalue weighted by atomic mass is 9.96. The normalized spacial score (nSPS) is 12.6. The molecule has 0 spiro atoms. The molecule has 0 bridgehead atoms. The molecule has 0 aromatic heterocycles. The van der Waals surface area contributed by atoms with Gasteiger partial charge in [0.1, 0.15) is 0 Å². The molecule has 0 saturated heterocycles. The Hall–Kier alpha value is -0.200. The summed E-state index contributed by atoms with van der Waals surface area (Å²) in [6, 6.07) is 0. The fraction of sp³-hybridized carbons (Fsp3) is 1.00. The van der Waals surface area contributed by atoms with Crippen LogP contribution < -0.4 is 0 Å². The van der Waals surface area contributed by atoms with E-state index in [1.165, 1.54) is 96.3 Å². The fourth-order valence-corrected chi connectivity index (χ4v) is 3.37. The molecule has 0 aromatic carbocycles. The highest BCUT2D eigenvalue weighted by Crippen LogP contribution is 2.18. The average Bonchev–Trinajstić information content (AvgIpc) is 2.65. The molecular formula is C21H44O5. The number of hydrogen-bond donors (Lipinski definition) is 1. The molecule has 0 amide bonds. The molecule has 1 unspecified atom stereocenters. The largest absolute Gasteiger partial charge is 0.219 e. The SMILES string of the molecule is CCCCCCCCCCCCCCC(C)CCCCCOOOOO. The van der Waals surface area contributed by atoms with E-state index in [4.69, 9.17) is 5.26 Å². The van der Waals surface area contributed by atoms with E-state index >= 15 is 0 Å². The Labute approximate surface area is 161 Å². The van der Waals surface area contributed by atoms with Gasteiger partial charge in [-0.1, -0.05) is 117 Å². The number of rotatable bonds is 22. The Bertz CT molecular complexity index is 251. The molecule has 0 fully saturated rings. The molecule has 5 nitrogen and oxygen atoms in total. The maximum absolute atomic E-state index is 7.83. The van der Waals surface area contributed by atoms with Crippen LogP contribution >= 0.6 is 0 Å². The van der Waals surface area contributed by atoms with Gasteiger partial charge in [0.15, 0.2) is 0 Å². The van der Waals surface area contributed by atoms with Crippen LogP contribution in [0.15, 0.2) is 0 Å². The van der Waals surface area contributed by atoms with Crippen molar-refractivity contribution >= 4 is 0 Å². The molecule has 1 atom stereocenters. The summed E-state index contributed by atoms with van der Waals surface area (Å²) in [5.41, 5.74) is 0. The smallest absolute Gasteiger partial charge is 0.0855 e. The summed E-state index contributed by atoms with van der Waals surface area (Å²) in [5, 5.41) is 18.9. The van der Waals surface area contributed by atoms with Crippen LogP contribution in [-0.2, 0) is 20.0 Å². The molecule has 0 radical (unpaired) electrons. The van der Waals surface area contributed by atoms with Crippen molar-refractivity contribution in [2.45, 2.75) is 123 Å². The van der Waals surface area contributed by atoms with Crippen molar-refractivity contribution in [2.24, 2.45) is 5.92 Å². The minimum Gasteiger partial charge on any atom is -0.219 e. The van der Waals surface area contributed by atoms with Gasteiger partial charge in [0.25, 0.3) is 0 Å². The van der Waals surface area contributed by atoms with Crippen LogP contribution in [-0.4, -0.2) is 11.9 Å². The van der Waals surface area contributed by atoms with E-state index in [2.05, 4.69) is 33.8 Å². The van der Waals surface area contributed by atoms with Crippen molar-refractivity contribution < 1.29 is 25.3 Å². The Morgan fingerprint density at radius 2 is 1.08 bits per heavy atom. The van der Waals surface area contributed by atoms with E-state index in [9.17, 15) is 0 Å². The zero-order valence-corrected chi connectivity index (χ0v) is 17.4. The third-order valence-electron chi connectivity index (χ3n) is 5.08. The van der Waals surface area contributed by atoms with Gasteiger partial charge in [0, 0.05) is 0 Å². The first kappa shape index (κ1) is 25.8. The van der Waals surface area contributed by atoms with Gasteiger partial charge in [0.2, 0.25) is 0 Å². The summed E-state index contributed by atoms with van der Waals surface area (Å²) in [7, 11) is 0. The second-order valence-corrected chi connectivity index (χ2v) is 7.66. The van der Waals surface area contributed by atoms with Gasteiger partial charge in [-0.25, -0.2) is 10.1 Å². The van der Waals surface area contributed by atoms with Crippen molar-refractivity contribution in [1.29, 1.82) is 0 Å². The van der Waals surface area contributed by atoms with E-state index < -0.39 is 0 Å². The molecule has 0 heterocycles. The summed E-state index contributed by atoms with van der Waals surface area (Å²) >= 11 is 0. The third-order valence-corrected chi connectivity index (χ3v) is 5.08. The lowest BCUT2D eigenvalue weighted by Crippen LogP contribution is -1.99. The van der Waals surface area contributed by atoms with E-state index in [-0.39, 0.29) is 0 Å². The standard InChI is InChI=1S/C21H44O5/c1-3-4-5-6-7-8-9-10-11-12-13-15-18-21(2)19-16-14-17-20-23-25-26-24-22/h21-22H,3-20H2,1-2H3. The molecule has 0 saturated carbocycles. The molecule has 0 aliphatic carbocycles. The van der Waals surface area contributed by atoms with Gasteiger partial charge >= 0.3 is 0 Å². The maximum atomic E-state index is 7.83. The molecule has 0 aliphatic heterocycles. The predicted molar refractivity (Wildman–Crippen MR) is 105 cm³/mol. The number of hydrogen-bond acceptors (Lipinski definition) is 5. The lowest BCUT2D eigenvalue weighted by molar-refractivity contribution is -0.702. The van der Waals surface area contributed by atoms with E-state index in [1.54, 1.807) is 0 Å². The Morgan fingerprint density at radius 1 is 0.615 bits per heavy atom. The zero-order valence-electron chi connectivity index (χ0n) is 17.4. The molecule has 26 heavy (non-hydrogen) atoms. The summed E-state index contributed by atoms with van der Waals surface area (Å²) in [5.74, 6) is 0.821. The highest BCUT2D eigenvalue weighted by atomic mass is 17.8. The zero-order chi connectivity index (χ0) is 19.1. The minimum absolute atomic E-state index is 0.441. The summed E-state index contributed by atoms with van der Waals surface area (Å²) in [4.78, 5) is 4.62. The van der Waals surface area contributed by atoms with Gasteiger partial charge < -0.3 is 0 Å². The van der Waals surface area contributed by atoms with Crippen LogP contribution in [0.2, 0.25) is 0 Å². The van der Waals surface area contributed by atoms with Crippen molar-refractivity contribution in [1.82, 2.24) is 0 Å². The summed E-state index contributed by atoms with van der Waals surface area (Å²) in [6.07, 6.45) is 22.9. The van der Waals surface area contributed by atoms with Crippen molar-refractivity contribution in [3.05, 3.63) is 0 Å². The highest BCUT2D eigenvalue weighted by Gasteiger charge is 2.02. The first-order valence-corrected chi connectivity index (χ1v) is 11.1. The molecule has 1 N–H and O–H groups in total. The Morgan fingerprint density at radius 3 is 1.58 bits per heavy atom. The van der Waals surface area contributed by atoms with Gasteiger partial charge in [-0.2, -0.15) is 0 Å². The van der Waals surface area contributed by atoms with Crippen molar-refractivity contribution in [3.8, 4) is 0 Å². The molecule has 5 heteroatoms. The first-order chi connectivity index (χ1) is 12.8. The quantitative estimate of drug-likeness (QED) is 0.120. The maximum Gasteiger partial charge on any atom is 0.0855 e. The van der Waals surface area contributed by atoms with Gasteiger partial charge in [-0.3, -0.25) is 0 Å². The van der Waals surface area contributed by atoms with E-state index in [1.807, 2.05) is 0 Å². The van der Waals surface area contributed by atoms with Gasteiger partial charge in [-0.05, 0) is 27.5 Å². The predicted octanol–water partition coefficient (Wildman–Crippen LogP) is 7.56. The third kappa shape index (κ3) is 21.8. The van der Waals surface area contributed by atoms with Crippen LogP contribution in [0.25, 0.3) is 0 Å². The highest BCUT2D eigenvalue weighted by molar-refractivity contribution is 4.55. The molecule has 0 aliphatic rings. The van der Waals surface area contributed by atoms with Crippen molar-refractivity contribution in [2.75, 3.05) is 6.61 Å².